The van der Waals surface area contributed by atoms with Crippen LogP contribution in [0.15, 0.2) is 47.1 Å². The molecule has 0 saturated carbocycles. The number of furan rings is 1. The van der Waals surface area contributed by atoms with Crippen LogP contribution in [0.5, 0.6) is 0 Å². The van der Waals surface area contributed by atoms with Crippen LogP contribution in [0.1, 0.15) is 41.9 Å². The minimum Gasteiger partial charge on any atom is -0.467 e. The van der Waals surface area contributed by atoms with E-state index in [0.717, 1.165) is 25.1 Å². The number of amides is 1. The fourth-order valence-electron chi connectivity index (χ4n) is 2.33. The molecule has 0 aliphatic rings. The van der Waals surface area contributed by atoms with Gasteiger partial charge in [0.15, 0.2) is 0 Å². The molecular weight excluding hydrogens is 292 g/mol. The standard InChI is InChI=1S/C18H24N2O3/c1-3-4-11-20(2)15-9-7-14(8-10-15)18(22)19-16(13-21)17-6-5-12-23-17/h5-10,12,16,21H,3-4,11,13H2,1-2H3,(H,19,22). The molecule has 2 N–H and O–H groups in total. The SMILES string of the molecule is CCCCN(C)c1ccc(C(=O)NC(CO)c2ccco2)cc1. The first-order valence-corrected chi connectivity index (χ1v) is 7.92. The number of rotatable bonds is 8. The van der Waals surface area contributed by atoms with Gasteiger partial charge < -0.3 is 19.7 Å². The average Bonchev–Trinajstić information content (AvgIpc) is 3.11. The summed E-state index contributed by atoms with van der Waals surface area (Å²) in [6.07, 6.45) is 3.81. The van der Waals surface area contributed by atoms with E-state index in [9.17, 15) is 9.90 Å². The van der Waals surface area contributed by atoms with Gasteiger partial charge in [-0.1, -0.05) is 13.3 Å². The lowest BCUT2D eigenvalue weighted by molar-refractivity contribution is 0.0907. The molecule has 1 unspecified atom stereocenters. The van der Waals surface area contributed by atoms with Crippen LogP contribution in [0.2, 0.25) is 0 Å². The summed E-state index contributed by atoms with van der Waals surface area (Å²) in [4.78, 5) is 14.5. The lowest BCUT2D eigenvalue weighted by Crippen LogP contribution is -2.30. The molecular formula is C18H24N2O3. The molecule has 2 aromatic rings. The Labute approximate surface area is 136 Å². The lowest BCUT2D eigenvalue weighted by Gasteiger charge is -2.19. The Hall–Kier alpha value is -2.27. The Morgan fingerprint density at radius 1 is 1.30 bits per heavy atom. The predicted molar refractivity (Wildman–Crippen MR) is 90.6 cm³/mol. The number of anilines is 1. The van der Waals surface area contributed by atoms with Gasteiger partial charge in [-0.15, -0.1) is 0 Å². The van der Waals surface area contributed by atoms with Gasteiger partial charge in [0, 0.05) is 24.8 Å². The van der Waals surface area contributed by atoms with Gasteiger partial charge >= 0.3 is 0 Å². The van der Waals surface area contributed by atoms with Crippen molar-refractivity contribution in [3.8, 4) is 0 Å². The second-order valence-electron chi connectivity index (χ2n) is 5.55. The van der Waals surface area contributed by atoms with Gasteiger partial charge in [-0.05, 0) is 42.8 Å². The summed E-state index contributed by atoms with van der Waals surface area (Å²) in [5.74, 6) is 0.306. The number of unbranched alkanes of at least 4 members (excludes halogenated alkanes) is 1. The fraction of sp³-hybridized carbons (Fsp3) is 0.389. The van der Waals surface area contributed by atoms with Gasteiger partial charge in [0.25, 0.3) is 5.91 Å². The molecule has 0 saturated heterocycles. The summed E-state index contributed by atoms with van der Waals surface area (Å²) in [7, 11) is 2.05. The van der Waals surface area contributed by atoms with Gasteiger partial charge in [0.1, 0.15) is 11.8 Å². The molecule has 5 heteroatoms. The van der Waals surface area contributed by atoms with Crippen LogP contribution < -0.4 is 10.2 Å². The number of carbonyl (C=O) groups excluding carboxylic acids is 1. The summed E-state index contributed by atoms with van der Waals surface area (Å²) < 4.78 is 5.23. The maximum atomic E-state index is 12.3. The third-order valence-electron chi connectivity index (χ3n) is 3.79. The van der Waals surface area contributed by atoms with Crippen LogP contribution in [-0.4, -0.2) is 31.2 Å². The van der Waals surface area contributed by atoms with Crippen molar-refractivity contribution in [2.75, 3.05) is 25.1 Å². The third kappa shape index (κ3) is 4.60. The molecule has 1 aromatic carbocycles. The number of aliphatic hydroxyl groups is 1. The van der Waals surface area contributed by atoms with E-state index in [4.69, 9.17) is 4.42 Å². The van der Waals surface area contributed by atoms with Crippen LogP contribution in [0.4, 0.5) is 5.69 Å². The minimum absolute atomic E-state index is 0.211. The van der Waals surface area contributed by atoms with Gasteiger partial charge in [0.2, 0.25) is 0 Å². The molecule has 0 aliphatic heterocycles. The second-order valence-corrected chi connectivity index (χ2v) is 5.55. The van der Waals surface area contributed by atoms with Gasteiger partial charge in [0.05, 0.1) is 12.9 Å². The average molecular weight is 316 g/mol. The van der Waals surface area contributed by atoms with E-state index < -0.39 is 6.04 Å². The van der Waals surface area contributed by atoms with Gasteiger partial charge in [-0.25, -0.2) is 0 Å². The molecule has 0 aliphatic carbocycles. The van der Waals surface area contributed by atoms with Crippen molar-refractivity contribution in [2.45, 2.75) is 25.8 Å². The number of nitrogens with one attached hydrogen (secondary N) is 1. The molecule has 1 heterocycles. The van der Waals surface area contributed by atoms with Crippen molar-refractivity contribution in [3.63, 3.8) is 0 Å². The summed E-state index contributed by atoms with van der Waals surface area (Å²) in [6.45, 7) is 2.95. The van der Waals surface area contributed by atoms with Gasteiger partial charge in [-0.2, -0.15) is 0 Å². The molecule has 1 atom stereocenters. The summed E-state index contributed by atoms with van der Waals surface area (Å²) in [5.41, 5.74) is 1.64. The second kappa shape index (κ2) is 8.39. The summed E-state index contributed by atoms with van der Waals surface area (Å²) in [5, 5.41) is 12.2. The minimum atomic E-state index is -0.538. The third-order valence-corrected chi connectivity index (χ3v) is 3.79. The van der Waals surface area contributed by atoms with E-state index in [1.54, 1.807) is 24.3 Å². The Morgan fingerprint density at radius 2 is 2.04 bits per heavy atom. The quantitative estimate of drug-likeness (QED) is 0.786. The van der Waals surface area contributed by atoms with Crippen LogP contribution >= 0.6 is 0 Å². The monoisotopic (exact) mass is 316 g/mol. The smallest absolute Gasteiger partial charge is 0.251 e. The molecule has 0 radical (unpaired) electrons. The zero-order valence-electron chi connectivity index (χ0n) is 13.7. The number of aliphatic hydroxyl groups excluding tert-OH is 1. The topological polar surface area (TPSA) is 65.7 Å². The van der Waals surface area contributed by atoms with Crippen molar-refractivity contribution in [1.29, 1.82) is 0 Å². The van der Waals surface area contributed by atoms with E-state index in [2.05, 4.69) is 17.1 Å². The number of carbonyl (C=O) groups is 1. The Balaban J connectivity index is 1.99. The van der Waals surface area contributed by atoms with Crippen LogP contribution in [0, 0.1) is 0 Å². The molecule has 5 nitrogen and oxygen atoms in total. The number of hydrogen-bond donors (Lipinski definition) is 2. The Kier molecular flexibility index (Phi) is 6.23. The maximum absolute atomic E-state index is 12.3. The normalized spacial score (nSPS) is 12.0. The molecule has 0 fully saturated rings. The largest absolute Gasteiger partial charge is 0.467 e. The van der Waals surface area contributed by atoms with Crippen molar-refractivity contribution in [2.24, 2.45) is 0 Å². The zero-order chi connectivity index (χ0) is 16.7. The fourth-order valence-corrected chi connectivity index (χ4v) is 2.33. The zero-order valence-corrected chi connectivity index (χ0v) is 13.7. The first-order chi connectivity index (χ1) is 11.2. The molecule has 124 valence electrons. The van der Waals surface area contributed by atoms with Crippen molar-refractivity contribution >= 4 is 11.6 Å². The Morgan fingerprint density at radius 3 is 2.61 bits per heavy atom. The molecule has 0 bridgehead atoms. The van der Waals surface area contributed by atoms with E-state index in [1.165, 1.54) is 6.26 Å². The first kappa shape index (κ1) is 17.1. The summed E-state index contributed by atoms with van der Waals surface area (Å²) in [6, 6.07) is 10.4. The van der Waals surface area contributed by atoms with Crippen LogP contribution in [0.3, 0.4) is 0 Å². The molecule has 2 rings (SSSR count). The predicted octanol–water partition coefficient (Wildman–Crippen LogP) is 2.98. The number of hydrogen-bond acceptors (Lipinski definition) is 4. The lowest BCUT2D eigenvalue weighted by atomic mass is 10.1. The molecule has 1 amide bonds. The molecule has 0 spiro atoms. The van der Waals surface area contributed by atoms with E-state index in [1.807, 2.05) is 19.2 Å². The number of nitrogens with zero attached hydrogens (tertiary/aromatic N) is 1. The maximum Gasteiger partial charge on any atom is 0.251 e. The summed E-state index contributed by atoms with van der Waals surface area (Å²) >= 11 is 0. The highest BCUT2D eigenvalue weighted by molar-refractivity contribution is 5.94. The van der Waals surface area contributed by atoms with Crippen molar-refractivity contribution < 1.29 is 14.3 Å². The van der Waals surface area contributed by atoms with E-state index in [-0.39, 0.29) is 12.5 Å². The van der Waals surface area contributed by atoms with Crippen LogP contribution in [0.25, 0.3) is 0 Å². The van der Waals surface area contributed by atoms with E-state index >= 15 is 0 Å². The first-order valence-electron chi connectivity index (χ1n) is 7.92. The highest BCUT2D eigenvalue weighted by atomic mass is 16.3. The Bertz CT molecular complexity index is 593. The van der Waals surface area contributed by atoms with Crippen LogP contribution in [-0.2, 0) is 0 Å². The molecule has 1 aromatic heterocycles. The van der Waals surface area contributed by atoms with Crippen molar-refractivity contribution in [3.05, 3.63) is 54.0 Å². The van der Waals surface area contributed by atoms with Crippen molar-refractivity contribution in [1.82, 2.24) is 5.32 Å². The highest BCUT2D eigenvalue weighted by Gasteiger charge is 2.17. The van der Waals surface area contributed by atoms with E-state index in [0.29, 0.717) is 11.3 Å². The highest BCUT2D eigenvalue weighted by Crippen LogP contribution is 2.17. The molecule has 23 heavy (non-hydrogen) atoms. The number of benzene rings is 1. The van der Waals surface area contributed by atoms with Gasteiger partial charge in [-0.3, -0.25) is 4.79 Å².